The van der Waals surface area contributed by atoms with Crippen molar-refractivity contribution >= 4 is 17.0 Å². The first-order valence-electron chi connectivity index (χ1n) is 2.03. The van der Waals surface area contributed by atoms with Crippen LogP contribution in [0, 0.1) is 5.21 Å². The fourth-order valence-electron chi connectivity index (χ4n) is 0.383. The first kappa shape index (κ1) is 7.43. The van der Waals surface area contributed by atoms with E-state index in [0.29, 0.717) is 0 Å². The number of hydrogen-bond donors (Lipinski definition) is 0. The van der Waals surface area contributed by atoms with Crippen molar-refractivity contribution in [3.05, 3.63) is 35.8 Å². The Morgan fingerprint density at radius 2 is 1.50 bits per heavy atom. The average Bonchev–Trinajstić information content (AvgIpc) is 1.69. The van der Waals surface area contributed by atoms with E-state index in [-0.39, 0.29) is 17.0 Å². The monoisotopic (exact) mass is 175 g/mol. The molecule has 0 bridgehead atoms. The Labute approximate surface area is 58.1 Å². The molecule has 0 amide bonds. The van der Waals surface area contributed by atoms with Crippen molar-refractivity contribution in [2.24, 2.45) is 0 Å². The summed E-state index contributed by atoms with van der Waals surface area (Å²) in [6, 6.07) is 5.18. The van der Waals surface area contributed by atoms with Gasteiger partial charge in [0.1, 0.15) is 0 Å². The summed E-state index contributed by atoms with van der Waals surface area (Å²) in [4.78, 5) is 0. The predicted molar refractivity (Wildman–Crippen MR) is 35.7 cm³/mol. The van der Waals surface area contributed by atoms with Crippen LogP contribution in [0.5, 0.6) is 0 Å². The van der Waals surface area contributed by atoms with E-state index in [0.717, 1.165) is 4.73 Å². The largest absolute Gasteiger partial charge is 0.619 e. The first-order valence-corrected chi connectivity index (χ1v) is 2.03. The maximum Gasteiger partial charge on any atom is 0.180 e. The summed E-state index contributed by atoms with van der Waals surface area (Å²) >= 11 is 0. The molecule has 0 aromatic carbocycles. The maximum absolute atomic E-state index is 10.2. The number of rotatable bonds is 0. The van der Waals surface area contributed by atoms with Gasteiger partial charge in [0, 0.05) is 12.1 Å². The van der Waals surface area contributed by atoms with Crippen LogP contribution in [0.1, 0.15) is 0 Å². The number of halogens is 1. The highest BCUT2D eigenvalue weighted by molar-refractivity contribution is 8.93. The third kappa shape index (κ3) is 1.93. The van der Waals surface area contributed by atoms with E-state index in [1.807, 2.05) is 0 Å². The molecule has 0 spiro atoms. The quantitative estimate of drug-likeness (QED) is 0.426. The van der Waals surface area contributed by atoms with Gasteiger partial charge in [-0.2, -0.15) is 4.73 Å². The summed E-state index contributed by atoms with van der Waals surface area (Å²) in [6.07, 6.45) is 2.89. The summed E-state index contributed by atoms with van der Waals surface area (Å²) in [5.74, 6) is 0. The normalized spacial score (nSPS) is 7.50. The minimum atomic E-state index is 0. The molecule has 2 nitrogen and oxygen atoms in total. The second-order valence-corrected chi connectivity index (χ2v) is 1.24. The summed E-state index contributed by atoms with van der Waals surface area (Å²) in [7, 11) is 0. The zero-order chi connectivity index (χ0) is 5.11. The minimum absolute atomic E-state index is 0. The molecule has 0 aliphatic heterocycles. The van der Waals surface area contributed by atoms with E-state index < -0.39 is 0 Å². The predicted octanol–water partition coefficient (Wildman–Crippen LogP) is 0.898. The Kier molecular flexibility index (Phi) is 3.19. The fourth-order valence-corrected chi connectivity index (χ4v) is 0.383. The van der Waals surface area contributed by atoms with Crippen molar-refractivity contribution in [3.8, 4) is 0 Å². The molecule has 8 heavy (non-hydrogen) atoms. The highest BCUT2D eigenvalue weighted by atomic mass is 79.9. The van der Waals surface area contributed by atoms with Gasteiger partial charge >= 0.3 is 0 Å². The molecule has 44 valence electrons. The molecule has 0 aliphatic carbocycles. The van der Waals surface area contributed by atoms with Crippen LogP contribution in [0.4, 0.5) is 0 Å². The standard InChI is InChI=1S/C5H5NO.BrH/c7-6-4-2-1-3-5-6;/h1-5H;1H. The molecule has 0 unspecified atom stereocenters. The third-order valence-corrected chi connectivity index (χ3v) is 0.688. The summed E-state index contributed by atoms with van der Waals surface area (Å²) < 4.78 is 0.750. The Balaban J connectivity index is 0.000000490. The molecular formula is C5H6BrNO. The lowest BCUT2D eigenvalue weighted by atomic mass is 10.5. The van der Waals surface area contributed by atoms with E-state index in [1.54, 1.807) is 18.2 Å². The van der Waals surface area contributed by atoms with Gasteiger partial charge < -0.3 is 5.21 Å². The highest BCUT2D eigenvalue weighted by Crippen LogP contribution is 1.72. The van der Waals surface area contributed by atoms with Crippen molar-refractivity contribution in [2.75, 3.05) is 0 Å². The fraction of sp³-hybridized carbons (Fsp3) is 0. The van der Waals surface area contributed by atoms with Gasteiger partial charge in [0.25, 0.3) is 0 Å². The van der Waals surface area contributed by atoms with E-state index in [2.05, 4.69) is 0 Å². The lowest BCUT2D eigenvalue weighted by Crippen LogP contribution is -2.22. The van der Waals surface area contributed by atoms with Gasteiger partial charge in [0.05, 0.1) is 0 Å². The molecule has 1 heterocycles. The molecule has 0 fully saturated rings. The van der Waals surface area contributed by atoms with E-state index in [9.17, 15) is 5.21 Å². The SMILES string of the molecule is Br.[O-][n+]1ccccc1. The molecule has 0 radical (unpaired) electrons. The third-order valence-electron chi connectivity index (χ3n) is 0.688. The topological polar surface area (TPSA) is 26.9 Å². The van der Waals surface area contributed by atoms with Gasteiger partial charge in [-0.3, -0.25) is 0 Å². The van der Waals surface area contributed by atoms with Gasteiger partial charge in [-0.05, 0) is 0 Å². The smallest absolute Gasteiger partial charge is 0.180 e. The molecule has 1 aromatic heterocycles. The van der Waals surface area contributed by atoms with Gasteiger partial charge in [0.15, 0.2) is 12.4 Å². The van der Waals surface area contributed by atoms with Crippen LogP contribution in [-0.4, -0.2) is 0 Å². The zero-order valence-electron chi connectivity index (χ0n) is 4.15. The molecule has 0 saturated heterocycles. The van der Waals surface area contributed by atoms with Crippen molar-refractivity contribution in [1.82, 2.24) is 0 Å². The summed E-state index contributed by atoms with van der Waals surface area (Å²) in [5, 5.41) is 10.2. The van der Waals surface area contributed by atoms with Gasteiger partial charge in [-0.15, -0.1) is 17.0 Å². The lowest BCUT2D eigenvalue weighted by Gasteiger charge is -1.88. The number of hydrogen-bond acceptors (Lipinski definition) is 1. The summed E-state index contributed by atoms with van der Waals surface area (Å²) in [6.45, 7) is 0. The Morgan fingerprint density at radius 1 is 1.00 bits per heavy atom. The van der Waals surface area contributed by atoms with Crippen molar-refractivity contribution in [3.63, 3.8) is 0 Å². The second kappa shape index (κ2) is 3.43. The van der Waals surface area contributed by atoms with Crippen LogP contribution in [0.3, 0.4) is 0 Å². The van der Waals surface area contributed by atoms with Crippen LogP contribution >= 0.6 is 17.0 Å². The summed E-state index contributed by atoms with van der Waals surface area (Å²) in [5.41, 5.74) is 0. The van der Waals surface area contributed by atoms with Gasteiger partial charge in [-0.1, -0.05) is 6.07 Å². The van der Waals surface area contributed by atoms with Crippen LogP contribution in [0.2, 0.25) is 0 Å². The van der Waals surface area contributed by atoms with Gasteiger partial charge in [-0.25, -0.2) is 0 Å². The number of pyridine rings is 1. The molecular weight excluding hydrogens is 170 g/mol. The van der Waals surface area contributed by atoms with Crippen LogP contribution in [-0.2, 0) is 0 Å². The molecule has 0 N–H and O–H groups in total. The first-order chi connectivity index (χ1) is 3.39. The van der Waals surface area contributed by atoms with Crippen molar-refractivity contribution in [1.29, 1.82) is 0 Å². The van der Waals surface area contributed by atoms with E-state index in [1.165, 1.54) is 12.4 Å². The van der Waals surface area contributed by atoms with Crippen LogP contribution in [0.15, 0.2) is 30.6 Å². The van der Waals surface area contributed by atoms with Crippen LogP contribution < -0.4 is 4.73 Å². The maximum atomic E-state index is 10.2. The minimum Gasteiger partial charge on any atom is -0.619 e. The molecule has 3 heteroatoms. The average molecular weight is 176 g/mol. The van der Waals surface area contributed by atoms with Crippen molar-refractivity contribution in [2.45, 2.75) is 0 Å². The van der Waals surface area contributed by atoms with E-state index in [4.69, 9.17) is 0 Å². The number of aromatic nitrogens is 1. The highest BCUT2D eigenvalue weighted by Gasteiger charge is 1.74. The van der Waals surface area contributed by atoms with E-state index >= 15 is 0 Å². The Bertz CT molecular complexity index is 142. The van der Waals surface area contributed by atoms with Crippen molar-refractivity contribution < 1.29 is 4.73 Å². The molecule has 0 saturated carbocycles. The molecule has 0 atom stereocenters. The number of nitrogens with zero attached hydrogens (tertiary/aromatic N) is 1. The van der Waals surface area contributed by atoms with Crippen LogP contribution in [0.25, 0.3) is 0 Å². The molecule has 1 aromatic rings. The molecule has 0 aliphatic rings. The lowest BCUT2D eigenvalue weighted by molar-refractivity contribution is -0.605. The Morgan fingerprint density at radius 3 is 1.75 bits per heavy atom. The second-order valence-electron chi connectivity index (χ2n) is 1.24. The molecule has 1 rings (SSSR count). The Hall–Kier alpha value is -0.570. The van der Waals surface area contributed by atoms with Gasteiger partial charge in [0.2, 0.25) is 0 Å². The zero-order valence-corrected chi connectivity index (χ0v) is 5.86.